The topological polar surface area (TPSA) is 88.9 Å². The van der Waals surface area contributed by atoms with Gasteiger partial charge in [0.25, 0.3) is 5.91 Å². The van der Waals surface area contributed by atoms with Crippen molar-refractivity contribution in [3.05, 3.63) is 59.5 Å². The van der Waals surface area contributed by atoms with Gasteiger partial charge in [0.2, 0.25) is 5.91 Å². The lowest BCUT2D eigenvalue weighted by atomic mass is 9.96. The van der Waals surface area contributed by atoms with Gasteiger partial charge < -0.3 is 19.4 Å². The lowest BCUT2D eigenvalue weighted by Crippen LogP contribution is -2.45. The van der Waals surface area contributed by atoms with Gasteiger partial charge in [-0.25, -0.2) is 4.79 Å². The number of piperidine rings is 1. The van der Waals surface area contributed by atoms with Crippen LogP contribution in [0.5, 0.6) is 0 Å². The molecule has 2 heterocycles. The van der Waals surface area contributed by atoms with Crippen LogP contribution in [0.3, 0.4) is 0 Å². The van der Waals surface area contributed by atoms with Crippen molar-refractivity contribution in [2.24, 2.45) is 5.92 Å². The molecule has 142 valence electrons. The van der Waals surface area contributed by atoms with E-state index in [4.69, 9.17) is 4.42 Å². The van der Waals surface area contributed by atoms with E-state index in [-0.39, 0.29) is 17.7 Å². The molecule has 1 atom stereocenters. The zero-order chi connectivity index (χ0) is 19.2. The summed E-state index contributed by atoms with van der Waals surface area (Å²) in [5.41, 5.74) is 1.35. The molecule has 7 heteroatoms. The molecule has 2 amide bonds. The molecule has 27 heavy (non-hydrogen) atoms. The SMILES string of the molecule is COC(=O)c1ccc(CNC(=O)[C@H]2CCCN(C(=O)c3ccco3)C2)cc1. The minimum atomic E-state index is -0.394. The fraction of sp³-hybridized carbons (Fsp3) is 0.350. The summed E-state index contributed by atoms with van der Waals surface area (Å²) in [5.74, 6) is -0.609. The van der Waals surface area contributed by atoms with Gasteiger partial charge >= 0.3 is 5.97 Å². The van der Waals surface area contributed by atoms with E-state index in [1.54, 1.807) is 41.3 Å². The summed E-state index contributed by atoms with van der Waals surface area (Å²) in [5, 5.41) is 2.91. The van der Waals surface area contributed by atoms with Gasteiger partial charge in [0.05, 0.1) is 24.9 Å². The van der Waals surface area contributed by atoms with Crippen molar-refractivity contribution in [3.63, 3.8) is 0 Å². The highest BCUT2D eigenvalue weighted by Gasteiger charge is 2.29. The van der Waals surface area contributed by atoms with E-state index in [0.717, 1.165) is 18.4 Å². The first-order valence-corrected chi connectivity index (χ1v) is 8.86. The van der Waals surface area contributed by atoms with Gasteiger partial charge in [-0.3, -0.25) is 9.59 Å². The maximum atomic E-state index is 12.5. The zero-order valence-electron chi connectivity index (χ0n) is 15.1. The second-order valence-corrected chi connectivity index (χ2v) is 6.47. The largest absolute Gasteiger partial charge is 0.465 e. The van der Waals surface area contributed by atoms with E-state index in [1.165, 1.54) is 13.4 Å². The first kappa shape index (κ1) is 18.7. The average Bonchev–Trinajstić information content (AvgIpc) is 3.26. The Kier molecular flexibility index (Phi) is 5.90. The van der Waals surface area contributed by atoms with Crippen molar-refractivity contribution < 1.29 is 23.5 Å². The van der Waals surface area contributed by atoms with Gasteiger partial charge in [0.15, 0.2) is 5.76 Å². The number of hydrogen-bond acceptors (Lipinski definition) is 5. The lowest BCUT2D eigenvalue weighted by molar-refractivity contribution is -0.126. The molecule has 2 aromatic rings. The third kappa shape index (κ3) is 4.55. The molecular formula is C20H22N2O5. The van der Waals surface area contributed by atoms with Gasteiger partial charge in [0, 0.05) is 19.6 Å². The number of esters is 1. The molecule has 1 aromatic carbocycles. The van der Waals surface area contributed by atoms with Gasteiger partial charge in [-0.2, -0.15) is 0 Å². The Morgan fingerprint density at radius 2 is 2.00 bits per heavy atom. The second kappa shape index (κ2) is 8.53. The average molecular weight is 370 g/mol. The highest BCUT2D eigenvalue weighted by Crippen LogP contribution is 2.19. The van der Waals surface area contributed by atoms with Crippen LogP contribution in [0.2, 0.25) is 0 Å². The molecule has 3 rings (SSSR count). The predicted octanol–water partition coefficient (Wildman–Crippen LogP) is 2.23. The number of nitrogens with zero attached hydrogens (tertiary/aromatic N) is 1. The molecule has 0 bridgehead atoms. The minimum absolute atomic E-state index is 0.0796. The van der Waals surface area contributed by atoms with Gasteiger partial charge in [-0.1, -0.05) is 12.1 Å². The second-order valence-electron chi connectivity index (χ2n) is 6.47. The summed E-state index contributed by atoms with van der Waals surface area (Å²) in [6.45, 7) is 1.37. The van der Waals surface area contributed by atoms with Crippen molar-refractivity contribution >= 4 is 17.8 Å². The number of methoxy groups -OCH3 is 1. The van der Waals surface area contributed by atoms with Crippen molar-refractivity contribution in [1.82, 2.24) is 10.2 Å². The number of amides is 2. The van der Waals surface area contributed by atoms with Crippen molar-refractivity contribution in [1.29, 1.82) is 0 Å². The maximum Gasteiger partial charge on any atom is 0.337 e. The molecule has 1 saturated heterocycles. The van der Waals surface area contributed by atoms with Crippen molar-refractivity contribution in [2.75, 3.05) is 20.2 Å². The third-order valence-corrected chi connectivity index (χ3v) is 4.65. The molecule has 0 saturated carbocycles. The van der Waals surface area contributed by atoms with Crippen molar-refractivity contribution in [3.8, 4) is 0 Å². The number of benzene rings is 1. The van der Waals surface area contributed by atoms with Crippen LogP contribution in [0.1, 0.15) is 39.3 Å². The van der Waals surface area contributed by atoms with Gasteiger partial charge in [-0.15, -0.1) is 0 Å². The van der Waals surface area contributed by atoms with Crippen LogP contribution < -0.4 is 5.32 Å². The molecule has 0 radical (unpaired) electrons. The Labute approximate surface area is 157 Å². The van der Waals surface area contributed by atoms with Crippen LogP contribution in [0.15, 0.2) is 47.1 Å². The summed E-state index contributed by atoms with van der Waals surface area (Å²) in [6, 6.07) is 10.2. The fourth-order valence-electron chi connectivity index (χ4n) is 3.14. The van der Waals surface area contributed by atoms with Crippen molar-refractivity contribution in [2.45, 2.75) is 19.4 Å². The monoisotopic (exact) mass is 370 g/mol. The van der Waals surface area contributed by atoms with E-state index in [9.17, 15) is 14.4 Å². The molecule has 1 fully saturated rings. The minimum Gasteiger partial charge on any atom is -0.465 e. The van der Waals surface area contributed by atoms with Crippen LogP contribution in [0.4, 0.5) is 0 Å². The number of carbonyl (C=O) groups excluding carboxylic acids is 3. The number of carbonyl (C=O) groups is 3. The number of ether oxygens (including phenoxy) is 1. The third-order valence-electron chi connectivity index (χ3n) is 4.65. The van der Waals surface area contributed by atoms with E-state index >= 15 is 0 Å². The molecule has 1 aromatic heterocycles. The molecule has 1 N–H and O–H groups in total. The summed E-state index contributed by atoms with van der Waals surface area (Å²) < 4.78 is 9.82. The Morgan fingerprint density at radius 1 is 1.22 bits per heavy atom. The number of rotatable bonds is 5. The Balaban J connectivity index is 1.53. The van der Waals surface area contributed by atoms with Crippen LogP contribution >= 0.6 is 0 Å². The number of likely N-dealkylation sites (tertiary alicyclic amines) is 1. The van der Waals surface area contributed by atoms with E-state index < -0.39 is 5.97 Å². The van der Waals surface area contributed by atoms with Gasteiger partial charge in [0.1, 0.15) is 0 Å². The highest BCUT2D eigenvalue weighted by atomic mass is 16.5. The molecule has 1 aliphatic heterocycles. The molecule has 0 unspecified atom stereocenters. The molecule has 0 spiro atoms. The fourth-order valence-corrected chi connectivity index (χ4v) is 3.14. The number of nitrogens with one attached hydrogen (secondary N) is 1. The summed E-state index contributed by atoms with van der Waals surface area (Å²) in [7, 11) is 1.33. The summed E-state index contributed by atoms with van der Waals surface area (Å²) in [4.78, 5) is 38.0. The Hall–Kier alpha value is -3.09. The Bertz CT molecular complexity index is 798. The highest BCUT2D eigenvalue weighted by molar-refractivity contribution is 5.92. The first-order chi connectivity index (χ1) is 13.1. The van der Waals surface area contributed by atoms with Crippen LogP contribution in [0, 0.1) is 5.92 Å². The summed E-state index contributed by atoms with van der Waals surface area (Å²) >= 11 is 0. The normalized spacial score (nSPS) is 16.6. The standard InChI is InChI=1S/C20H22N2O5/c1-26-20(25)15-8-6-14(7-9-15)12-21-18(23)16-4-2-10-22(13-16)19(24)17-5-3-11-27-17/h3,5-9,11,16H,2,4,10,12-13H2,1H3,(H,21,23)/t16-/m0/s1. The van der Waals surface area contributed by atoms with E-state index in [1.807, 2.05) is 0 Å². The molecular weight excluding hydrogens is 348 g/mol. The maximum absolute atomic E-state index is 12.5. The Morgan fingerprint density at radius 3 is 2.67 bits per heavy atom. The van der Waals surface area contributed by atoms with E-state index in [2.05, 4.69) is 10.1 Å². The predicted molar refractivity (Wildman–Crippen MR) is 97.0 cm³/mol. The van der Waals surface area contributed by atoms with E-state index in [0.29, 0.717) is 31.0 Å². The van der Waals surface area contributed by atoms with Crippen LogP contribution in [0.25, 0.3) is 0 Å². The smallest absolute Gasteiger partial charge is 0.337 e. The first-order valence-electron chi connectivity index (χ1n) is 8.86. The molecule has 0 aliphatic carbocycles. The van der Waals surface area contributed by atoms with Crippen LogP contribution in [-0.2, 0) is 16.1 Å². The zero-order valence-corrected chi connectivity index (χ0v) is 15.1. The molecule has 1 aliphatic rings. The number of furan rings is 1. The van der Waals surface area contributed by atoms with Gasteiger partial charge in [-0.05, 0) is 42.7 Å². The summed E-state index contributed by atoms with van der Waals surface area (Å²) in [6.07, 6.45) is 2.99. The quantitative estimate of drug-likeness (QED) is 0.816. The molecule has 7 nitrogen and oxygen atoms in total. The number of hydrogen-bond donors (Lipinski definition) is 1. The van der Waals surface area contributed by atoms with Crippen LogP contribution in [-0.4, -0.2) is 42.9 Å². The lowest BCUT2D eigenvalue weighted by Gasteiger charge is -2.31.